The van der Waals surface area contributed by atoms with Crippen molar-refractivity contribution in [3.05, 3.63) is 0 Å². The van der Waals surface area contributed by atoms with Gasteiger partial charge in [0.05, 0.1) is 6.10 Å². The van der Waals surface area contributed by atoms with E-state index in [1.165, 1.54) is 25.7 Å². The first-order valence-electron chi connectivity index (χ1n) is 6.24. The zero-order chi connectivity index (χ0) is 10.7. The molecule has 0 radical (unpaired) electrons. The molecule has 2 aliphatic rings. The van der Waals surface area contributed by atoms with Crippen LogP contribution in [0.3, 0.4) is 0 Å². The van der Waals surface area contributed by atoms with Gasteiger partial charge in [-0.05, 0) is 25.7 Å². The van der Waals surface area contributed by atoms with E-state index in [0.717, 1.165) is 25.7 Å². The van der Waals surface area contributed by atoms with Gasteiger partial charge < -0.3 is 10.4 Å². The van der Waals surface area contributed by atoms with E-state index in [0.29, 0.717) is 0 Å². The molecular formula is C12H21NO2. The predicted molar refractivity (Wildman–Crippen MR) is 58.4 cm³/mol. The average Bonchev–Trinajstić information content (AvgIpc) is 2.43. The van der Waals surface area contributed by atoms with Crippen molar-refractivity contribution in [3.63, 3.8) is 0 Å². The Balaban J connectivity index is 1.74. The molecule has 0 spiro atoms. The Hall–Kier alpha value is -0.570. The van der Waals surface area contributed by atoms with Crippen LogP contribution in [-0.2, 0) is 4.79 Å². The largest absolute Gasteiger partial charge is 0.393 e. The number of nitrogens with one attached hydrogen (secondary N) is 1. The zero-order valence-corrected chi connectivity index (χ0v) is 9.24. The van der Waals surface area contributed by atoms with E-state index in [-0.39, 0.29) is 24.0 Å². The van der Waals surface area contributed by atoms with Gasteiger partial charge in [0.2, 0.25) is 5.91 Å². The first-order chi connectivity index (χ1) is 7.25. The van der Waals surface area contributed by atoms with Gasteiger partial charge in [0.25, 0.3) is 0 Å². The van der Waals surface area contributed by atoms with Gasteiger partial charge in [-0.1, -0.05) is 25.7 Å². The second kappa shape index (κ2) is 4.97. The topological polar surface area (TPSA) is 49.3 Å². The lowest BCUT2D eigenvalue weighted by Gasteiger charge is -2.33. The van der Waals surface area contributed by atoms with E-state index >= 15 is 0 Å². The number of amides is 1. The lowest BCUT2D eigenvalue weighted by atomic mass is 9.88. The summed E-state index contributed by atoms with van der Waals surface area (Å²) in [6.07, 6.45) is 8.40. The Morgan fingerprint density at radius 2 is 1.67 bits per heavy atom. The van der Waals surface area contributed by atoms with Crippen LogP contribution in [0.1, 0.15) is 51.4 Å². The third-order valence-electron chi connectivity index (χ3n) is 3.69. The Morgan fingerprint density at radius 3 is 2.20 bits per heavy atom. The number of hydrogen-bond donors (Lipinski definition) is 2. The molecular weight excluding hydrogens is 190 g/mol. The summed E-state index contributed by atoms with van der Waals surface area (Å²) in [5.74, 6) is 0.471. The highest BCUT2D eigenvalue weighted by Crippen LogP contribution is 2.25. The third kappa shape index (κ3) is 2.94. The number of carbonyl (C=O) groups excluding carboxylic acids is 1. The van der Waals surface area contributed by atoms with Crippen LogP contribution in [0.2, 0.25) is 0 Å². The number of hydrogen-bond acceptors (Lipinski definition) is 2. The lowest BCUT2D eigenvalue weighted by Crippen LogP contribution is -2.48. The van der Waals surface area contributed by atoms with E-state index in [1.807, 2.05) is 0 Å². The highest BCUT2D eigenvalue weighted by molar-refractivity contribution is 5.79. The van der Waals surface area contributed by atoms with Crippen LogP contribution in [-0.4, -0.2) is 23.2 Å². The van der Waals surface area contributed by atoms with Crippen molar-refractivity contribution in [1.29, 1.82) is 0 Å². The van der Waals surface area contributed by atoms with Crippen molar-refractivity contribution in [2.75, 3.05) is 0 Å². The van der Waals surface area contributed by atoms with E-state index in [1.54, 1.807) is 0 Å². The molecule has 86 valence electrons. The van der Waals surface area contributed by atoms with Gasteiger partial charge in [-0.15, -0.1) is 0 Å². The fraction of sp³-hybridized carbons (Fsp3) is 0.917. The monoisotopic (exact) mass is 211 g/mol. The van der Waals surface area contributed by atoms with Gasteiger partial charge >= 0.3 is 0 Å². The van der Waals surface area contributed by atoms with Gasteiger partial charge in [-0.25, -0.2) is 0 Å². The van der Waals surface area contributed by atoms with Crippen LogP contribution in [0, 0.1) is 5.92 Å². The van der Waals surface area contributed by atoms with Crippen LogP contribution in [0.25, 0.3) is 0 Å². The molecule has 2 rings (SSSR count). The lowest BCUT2D eigenvalue weighted by molar-refractivity contribution is -0.127. The molecule has 2 fully saturated rings. The Labute approximate surface area is 91.2 Å². The maximum absolute atomic E-state index is 11.9. The minimum atomic E-state index is -0.176. The third-order valence-corrected chi connectivity index (χ3v) is 3.69. The quantitative estimate of drug-likeness (QED) is 0.682. The number of carbonyl (C=O) groups is 1. The fourth-order valence-corrected chi connectivity index (χ4v) is 2.57. The summed E-state index contributed by atoms with van der Waals surface area (Å²) in [5, 5.41) is 12.2. The summed E-state index contributed by atoms with van der Waals surface area (Å²) >= 11 is 0. The Kier molecular flexibility index (Phi) is 3.62. The normalized spacial score (nSPS) is 32.9. The second-order valence-corrected chi connectivity index (χ2v) is 5.02. The number of rotatable bonds is 2. The molecule has 2 saturated carbocycles. The van der Waals surface area contributed by atoms with Gasteiger partial charge in [0, 0.05) is 12.0 Å². The molecule has 0 aromatic heterocycles. The van der Waals surface area contributed by atoms with E-state index in [2.05, 4.69) is 5.32 Å². The van der Waals surface area contributed by atoms with Gasteiger partial charge in [0.15, 0.2) is 0 Å². The minimum absolute atomic E-state index is 0.176. The van der Waals surface area contributed by atoms with Gasteiger partial charge in [-0.2, -0.15) is 0 Å². The van der Waals surface area contributed by atoms with Crippen molar-refractivity contribution >= 4 is 5.91 Å². The molecule has 3 heteroatoms. The Morgan fingerprint density at radius 1 is 1.07 bits per heavy atom. The molecule has 0 aromatic carbocycles. The fourth-order valence-electron chi connectivity index (χ4n) is 2.57. The molecule has 0 saturated heterocycles. The zero-order valence-electron chi connectivity index (χ0n) is 9.24. The molecule has 1 amide bonds. The maximum Gasteiger partial charge on any atom is 0.223 e. The van der Waals surface area contributed by atoms with Crippen LogP contribution in [0.5, 0.6) is 0 Å². The highest BCUT2D eigenvalue weighted by atomic mass is 16.3. The summed E-state index contributed by atoms with van der Waals surface area (Å²) < 4.78 is 0. The van der Waals surface area contributed by atoms with Crippen LogP contribution >= 0.6 is 0 Å². The smallest absolute Gasteiger partial charge is 0.223 e. The molecule has 0 aliphatic heterocycles. The van der Waals surface area contributed by atoms with E-state index in [9.17, 15) is 4.79 Å². The van der Waals surface area contributed by atoms with Crippen LogP contribution in [0.4, 0.5) is 0 Å². The molecule has 0 unspecified atom stereocenters. The van der Waals surface area contributed by atoms with Crippen molar-refractivity contribution < 1.29 is 9.90 Å². The number of aliphatic hydroxyl groups excluding tert-OH is 1. The van der Waals surface area contributed by atoms with Gasteiger partial charge in [0.1, 0.15) is 0 Å². The summed E-state index contributed by atoms with van der Waals surface area (Å²) in [4.78, 5) is 11.9. The van der Waals surface area contributed by atoms with Gasteiger partial charge in [-0.3, -0.25) is 4.79 Å². The van der Waals surface area contributed by atoms with Crippen molar-refractivity contribution in [2.24, 2.45) is 5.92 Å². The standard InChI is InChI=1S/C12H21NO2/c14-11-7-10(8-11)13-12(15)9-5-3-1-2-4-6-9/h9-11,14H,1-8H2,(H,13,15). The molecule has 0 heterocycles. The SMILES string of the molecule is O=C(NC1CC(O)C1)C1CCCCCC1. The molecule has 15 heavy (non-hydrogen) atoms. The minimum Gasteiger partial charge on any atom is -0.393 e. The summed E-state index contributed by atoms with van der Waals surface area (Å²) in [7, 11) is 0. The second-order valence-electron chi connectivity index (χ2n) is 5.02. The highest BCUT2D eigenvalue weighted by Gasteiger charge is 2.30. The molecule has 0 bridgehead atoms. The van der Waals surface area contributed by atoms with Crippen molar-refractivity contribution in [3.8, 4) is 0 Å². The van der Waals surface area contributed by atoms with E-state index < -0.39 is 0 Å². The summed E-state index contributed by atoms with van der Waals surface area (Å²) in [6.45, 7) is 0. The molecule has 2 N–H and O–H groups in total. The van der Waals surface area contributed by atoms with Crippen molar-refractivity contribution in [1.82, 2.24) is 5.32 Å². The summed E-state index contributed by atoms with van der Waals surface area (Å²) in [6, 6.07) is 0.246. The number of aliphatic hydroxyl groups is 1. The maximum atomic E-state index is 11.9. The van der Waals surface area contributed by atoms with Crippen LogP contribution < -0.4 is 5.32 Å². The molecule has 0 atom stereocenters. The van der Waals surface area contributed by atoms with Crippen molar-refractivity contribution in [2.45, 2.75) is 63.5 Å². The first-order valence-corrected chi connectivity index (χ1v) is 6.24. The predicted octanol–water partition coefficient (Wildman–Crippen LogP) is 1.60. The Bertz CT molecular complexity index is 216. The molecule has 2 aliphatic carbocycles. The average molecular weight is 211 g/mol. The molecule has 0 aromatic rings. The van der Waals surface area contributed by atoms with Crippen LogP contribution in [0.15, 0.2) is 0 Å². The first kappa shape index (κ1) is 10.9. The van der Waals surface area contributed by atoms with E-state index in [4.69, 9.17) is 5.11 Å². The summed E-state index contributed by atoms with van der Waals surface area (Å²) in [5.41, 5.74) is 0. The molecule has 3 nitrogen and oxygen atoms in total.